The quantitative estimate of drug-likeness (QED) is 0.657. The molecule has 4 aliphatic carbocycles. The van der Waals surface area contributed by atoms with E-state index in [2.05, 4.69) is 48.5 Å². The van der Waals surface area contributed by atoms with Gasteiger partial charge in [0.15, 0.2) is 0 Å². The Morgan fingerprint density at radius 3 is 2.40 bits per heavy atom. The zero-order chi connectivity index (χ0) is 16.8. The second-order valence-corrected chi connectivity index (χ2v) is 9.88. The maximum atomic E-state index is 4.87. The highest BCUT2D eigenvalue weighted by atomic mass is 32.1. The number of aryl methyl sites for hydroxylation is 1. The monoisotopic (exact) mass is 350 g/mol. The molecule has 2 nitrogen and oxygen atoms in total. The lowest BCUT2D eigenvalue weighted by Gasteiger charge is -2.63. The molecule has 7 rings (SSSR count). The van der Waals surface area contributed by atoms with Gasteiger partial charge in [-0.05, 0) is 81.3 Å². The van der Waals surface area contributed by atoms with Crippen LogP contribution in [0.25, 0.3) is 0 Å². The molecule has 1 atom stereocenters. The highest BCUT2D eigenvalue weighted by Gasteiger charge is 2.65. The molecule has 0 amide bonds. The molecule has 3 heteroatoms. The van der Waals surface area contributed by atoms with E-state index in [0.717, 1.165) is 23.7 Å². The molecule has 0 N–H and O–H groups in total. The van der Waals surface area contributed by atoms with Crippen LogP contribution in [0.5, 0.6) is 0 Å². The van der Waals surface area contributed by atoms with E-state index < -0.39 is 0 Å². The molecular weight excluding hydrogens is 324 g/mol. The maximum Gasteiger partial charge on any atom is 0.0828 e. The SMILES string of the molecule is Cc1ccccc1N1[C@@H](C)c2ncsc2C12C1CC3CC(C1)CC2C3. The van der Waals surface area contributed by atoms with Crippen molar-refractivity contribution in [3.63, 3.8) is 0 Å². The first-order valence-corrected chi connectivity index (χ1v) is 10.9. The molecule has 130 valence electrons. The van der Waals surface area contributed by atoms with Gasteiger partial charge < -0.3 is 4.90 Å². The van der Waals surface area contributed by atoms with E-state index in [4.69, 9.17) is 4.98 Å². The van der Waals surface area contributed by atoms with Crippen LogP contribution in [0.15, 0.2) is 29.8 Å². The Hall–Kier alpha value is -1.35. The van der Waals surface area contributed by atoms with Crippen molar-refractivity contribution in [3.8, 4) is 0 Å². The molecule has 0 saturated heterocycles. The number of fused-ring (bicyclic) bond motifs is 1. The smallest absolute Gasteiger partial charge is 0.0828 e. The molecular formula is C22H26N2S. The first kappa shape index (κ1) is 14.8. The summed E-state index contributed by atoms with van der Waals surface area (Å²) in [4.78, 5) is 9.33. The van der Waals surface area contributed by atoms with Crippen LogP contribution in [-0.2, 0) is 5.54 Å². The summed E-state index contributed by atoms with van der Waals surface area (Å²) in [7, 11) is 0. The Morgan fingerprint density at radius 1 is 1.04 bits per heavy atom. The van der Waals surface area contributed by atoms with E-state index in [0.29, 0.717) is 6.04 Å². The predicted molar refractivity (Wildman–Crippen MR) is 103 cm³/mol. The number of hydrogen-bond donors (Lipinski definition) is 0. The zero-order valence-corrected chi connectivity index (χ0v) is 15.9. The number of aromatic nitrogens is 1. The van der Waals surface area contributed by atoms with Crippen LogP contribution in [0.4, 0.5) is 5.69 Å². The van der Waals surface area contributed by atoms with Crippen molar-refractivity contribution in [2.75, 3.05) is 4.90 Å². The molecule has 2 heterocycles. The van der Waals surface area contributed by atoms with E-state index in [1.807, 2.05) is 11.3 Å². The van der Waals surface area contributed by atoms with Crippen LogP contribution >= 0.6 is 11.3 Å². The summed E-state index contributed by atoms with van der Waals surface area (Å²) < 4.78 is 0. The summed E-state index contributed by atoms with van der Waals surface area (Å²) in [5.41, 5.74) is 6.59. The second-order valence-electron chi connectivity index (χ2n) is 9.03. The number of thiazole rings is 1. The molecule has 0 radical (unpaired) electrons. The standard InChI is InChI=1S/C22H26N2S/c1-13-5-3-4-6-19(13)24-14(2)20-21(25-12-23-20)22(24)17-8-15-7-16(10-17)11-18(22)9-15/h3-6,12,14-18H,7-11H2,1-2H3/t14-,15?,16?,17?,18?,22?/m0/s1. The maximum absolute atomic E-state index is 4.87. The van der Waals surface area contributed by atoms with Gasteiger partial charge in [-0.1, -0.05) is 18.2 Å². The minimum absolute atomic E-state index is 0.232. The zero-order valence-electron chi connectivity index (χ0n) is 15.1. The lowest BCUT2D eigenvalue weighted by atomic mass is 9.48. The van der Waals surface area contributed by atoms with E-state index >= 15 is 0 Å². The van der Waals surface area contributed by atoms with Crippen LogP contribution in [0.3, 0.4) is 0 Å². The molecule has 0 unspecified atom stereocenters. The van der Waals surface area contributed by atoms with Gasteiger partial charge in [-0.3, -0.25) is 0 Å². The highest BCUT2D eigenvalue weighted by molar-refractivity contribution is 7.10. The van der Waals surface area contributed by atoms with Crippen molar-refractivity contribution in [1.82, 2.24) is 4.98 Å². The minimum Gasteiger partial charge on any atom is -0.352 e. The normalized spacial score (nSPS) is 40.9. The van der Waals surface area contributed by atoms with Gasteiger partial charge in [0.05, 0.1) is 27.7 Å². The average Bonchev–Trinajstić information content (AvgIpc) is 3.15. The molecule has 1 aromatic heterocycles. The Bertz CT molecular complexity index is 810. The molecule has 1 spiro atoms. The highest BCUT2D eigenvalue weighted by Crippen LogP contribution is 2.69. The fourth-order valence-corrected chi connectivity index (χ4v) is 8.55. The minimum atomic E-state index is 0.232. The van der Waals surface area contributed by atoms with Crippen molar-refractivity contribution in [1.29, 1.82) is 0 Å². The van der Waals surface area contributed by atoms with Gasteiger partial charge in [-0.15, -0.1) is 11.3 Å². The molecule has 1 aliphatic heterocycles. The largest absolute Gasteiger partial charge is 0.352 e. The Morgan fingerprint density at radius 2 is 1.72 bits per heavy atom. The fourth-order valence-electron chi connectivity index (χ4n) is 7.31. The number of rotatable bonds is 1. The van der Waals surface area contributed by atoms with Gasteiger partial charge >= 0.3 is 0 Å². The molecule has 5 aliphatic rings. The van der Waals surface area contributed by atoms with Gasteiger partial charge in [0, 0.05) is 5.69 Å². The predicted octanol–water partition coefficient (Wildman–Crippen LogP) is 5.68. The third kappa shape index (κ3) is 1.69. The number of para-hydroxylation sites is 1. The molecule has 25 heavy (non-hydrogen) atoms. The number of hydrogen-bond acceptors (Lipinski definition) is 3. The molecule has 4 bridgehead atoms. The summed E-state index contributed by atoms with van der Waals surface area (Å²) in [6.45, 7) is 4.68. The van der Waals surface area contributed by atoms with Crippen molar-refractivity contribution in [2.45, 2.75) is 57.5 Å². The second kappa shape index (κ2) is 4.88. The third-order valence-electron chi connectivity index (χ3n) is 7.90. The summed E-state index contributed by atoms with van der Waals surface area (Å²) in [6.07, 6.45) is 7.29. The van der Waals surface area contributed by atoms with Gasteiger partial charge in [-0.25, -0.2) is 4.98 Å². The lowest BCUT2D eigenvalue weighted by molar-refractivity contribution is -0.0588. The van der Waals surface area contributed by atoms with E-state index in [1.165, 1.54) is 49.0 Å². The first-order valence-electron chi connectivity index (χ1n) is 9.98. The molecule has 1 aromatic carbocycles. The number of benzene rings is 1. The topological polar surface area (TPSA) is 16.1 Å². The molecule has 4 saturated carbocycles. The Labute approximate surface area is 154 Å². The van der Waals surface area contributed by atoms with Crippen molar-refractivity contribution >= 4 is 17.0 Å². The summed E-state index contributed by atoms with van der Waals surface area (Å²) in [5.74, 6) is 3.65. The van der Waals surface area contributed by atoms with Crippen LogP contribution < -0.4 is 4.90 Å². The molecule has 4 fully saturated rings. The first-order chi connectivity index (χ1) is 12.2. The van der Waals surface area contributed by atoms with Crippen molar-refractivity contribution < 1.29 is 0 Å². The van der Waals surface area contributed by atoms with Crippen LogP contribution in [0, 0.1) is 30.6 Å². The lowest BCUT2D eigenvalue weighted by Crippen LogP contribution is -2.62. The number of nitrogens with zero attached hydrogens (tertiary/aromatic N) is 2. The fraction of sp³-hybridized carbons (Fsp3) is 0.591. The van der Waals surface area contributed by atoms with E-state index in [-0.39, 0.29) is 5.54 Å². The Balaban J connectivity index is 1.61. The van der Waals surface area contributed by atoms with Gasteiger partial charge in [-0.2, -0.15) is 0 Å². The average molecular weight is 351 g/mol. The summed E-state index contributed by atoms with van der Waals surface area (Å²) >= 11 is 1.95. The van der Waals surface area contributed by atoms with Crippen molar-refractivity contribution in [3.05, 3.63) is 45.9 Å². The molecule has 2 aromatic rings. The summed E-state index contributed by atoms with van der Waals surface area (Å²) in [5, 5.41) is 0. The van der Waals surface area contributed by atoms with Crippen molar-refractivity contribution in [2.24, 2.45) is 23.7 Å². The van der Waals surface area contributed by atoms with Gasteiger partial charge in [0.25, 0.3) is 0 Å². The van der Waals surface area contributed by atoms with E-state index in [9.17, 15) is 0 Å². The van der Waals surface area contributed by atoms with E-state index in [1.54, 1.807) is 4.88 Å². The third-order valence-corrected chi connectivity index (χ3v) is 8.88. The van der Waals surface area contributed by atoms with Crippen LogP contribution in [0.2, 0.25) is 0 Å². The number of anilines is 1. The van der Waals surface area contributed by atoms with Gasteiger partial charge in [0.2, 0.25) is 0 Å². The van der Waals surface area contributed by atoms with Crippen LogP contribution in [0.1, 0.15) is 61.2 Å². The summed E-state index contributed by atoms with van der Waals surface area (Å²) in [6, 6.07) is 9.44. The van der Waals surface area contributed by atoms with Gasteiger partial charge in [0.1, 0.15) is 0 Å². The Kier molecular flexibility index (Phi) is 2.88. The van der Waals surface area contributed by atoms with Crippen LogP contribution in [-0.4, -0.2) is 4.98 Å².